The molecule has 8 heteroatoms. The third-order valence-corrected chi connectivity index (χ3v) is 6.70. The zero-order valence-corrected chi connectivity index (χ0v) is 20.4. The van der Waals surface area contributed by atoms with Crippen LogP contribution in [0.1, 0.15) is 27.2 Å². The van der Waals surface area contributed by atoms with E-state index in [4.69, 9.17) is 5.10 Å². The average molecular weight is 505 g/mol. The molecule has 0 N–H and O–H groups in total. The van der Waals surface area contributed by atoms with Crippen molar-refractivity contribution >= 4 is 5.91 Å². The first-order valence-corrected chi connectivity index (χ1v) is 12.2. The van der Waals surface area contributed by atoms with Gasteiger partial charge in [-0.05, 0) is 30.7 Å². The van der Waals surface area contributed by atoms with Gasteiger partial charge in [0.05, 0.1) is 22.5 Å². The minimum atomic E-state index is -4.36. The van der Waals surface area contributed by atoms with Crippen molar-refractivity contribution in [1.29, 1.82) is 0 Å². The van der Waals surface area contributed by atoms with Gasteiger partial charge >= 0.3 is 6.18 Å². The van der Waals surface area contributed by atoms with Gasteiger partial charge in [0, 0.05) is 38.3 Å². The fraction of sp³-hybridized carbons (Fsp3) is 0.241. The van der Waals surface area contributed by atoms with E-state index in [-0.39, 0.29) is 5.91 Å². The molecule has 0 radical (unpaired) electrons. The molecular formula is C29H27F3N4O. The molecule has 1 saturated heterocycles. The maximum absolute atomic E-state index is 13.8. The van der Waals surface area contributed by atoms with Crippen LogP contribution in [0.3, 0.4) is 0 Å². The average Bonchev–Trinajstić information content (AvgIpc) is 3.26. The molecule has 190 valence electrons. The molecule has 1 fully saturated rings. The summed E-state index contributed by atoms with van der Waals surface area (Å²) in [5.74, 6) is -0.0859. The highest BCUT2D eigenvalue weighted by molar-refractivity contribution is 6.01. The molecule has 1 aliphatic heterocycles. The highest BCUT2D eigenvalue weighted by atomic mass is 19.4. The minimum Gasteiger partial charge on any atom is -0.336 e. The van der Waals surface area contributed by atoms with E-state index in [1.54, 1.807) is 10.7 Å². The number of alkyl halides is 3. The number of hydrogen-bond donors (Lipinski definition) is 0. The Kier molecular flexibility index (Phi) is 6.84. The van der Waals surface area contributed by atoms with Gasteiger partial charge in [-0.2, -0.15) is 18.3 Å². The highest BCUT2D eigenvalue weighted by Gasteiger charge is 2.31. The predicted molar refractivity (Wildman–Crippen MR) is 136 cm³/mol. The van der Waals surface area contributed by atoms with E-state index in [1.165, 1.54) is 12.1 Å². The second-order valence-corrected chi connectivity index (χ2v) is 9.19. The Balaban J connectivity index is 1.36. The van der Waals surface area contributed by atoms with Crippen LogP contribution in [0.5, 0.6) is 0 Å². The molecule has 0 spiro atoms. The fourth-order valence-electron chi connectivity index (χ4n) is 4.75. The zero-order chi connectivity index (χ0) is 26.0. The number of carbonyl (C=O) groups excluding carboxylic acids is 1. The second kappa shape index (κ2) is 10.2. The predicted octanol–water partition coefficient (Wildman–Crippen LogP) is 5.82. The molecule has 37 heavy (non-hydrogen) atoms. The normalized spacial score (nSPS) is 14.6. The summed E-state index contributed by atoms with van der Waals surface area (Å²) in [6.45, 7) is 4.45. The number of rotatable bonds is 5. The van der Waals surface area contributed by atoms with Crippen LogP contribution in [0.2, 0.25) is 0 Å². The topological polar surface area (TPSA) is 41.4 Å². The number of hydrogen-bond acceptors (Lipinski definition) is 3. The molecule has 1 amide bonds. The van der Waals surface area contributed by atoms with Gasteiger partial charge in [-0.15, -0.1) is 0 Å². The number of aromatic nitrogens is 2. The van der Waals surface area contributed by atoms with Gasteiger partial charge in [0.25, 0.3) is 5.91 Å². The first-order valence-electron chi connectivity index (χ1n) is 12.2. The van der Waals surface area contributed by atoms with Crippen LogP contribution in [0.4, 0.5) is 13.2 Å². The summed E-state index contributed by atoms with van der Waals surface area (Å²) in [5.41, 5.74) is 3.69. The summed E-state index contributed by atoms with van der Waals surface area (Å²) in [5, 5.41) is 4.83. The summed E-state index contributed by atoms with van der Waals surface area (Å²) in [7, 11) is 0. The van der Waals surface area contributed by atoms with Gasteiger partial charge in [-0.3, -0.25) is 9.69 Å². The van der Waals surface area contributed by atoms with Gasteiger partial charge in [-0.1, -0.05) is 66.7 Å². The van der Waals surface area contributed by atoms with Crippen molar-refractivity contribution in [2.75, 3.05) is 26.2 Å². The molecule has 0 saturated carbocycles. The van der Waals surface area contributed by atoms with E-state index in [1.807, 2.05) is 72.5 Å². The van der Waals surface area contributed by atoms with Gasteiger partial charge < -0.3 is 4.90 Å². The Bertz CT molecular complexity index is 1380. The van der Waals surface area contributed by atoms with E-state index in [2.05, 4.69) is 4.90 Å². The molecule has 0 unspecified atom stereocenters. The Labute approximate surface area is 213 Å². The van der Waals surface area contributed by atoms with Crippen LogP contribution in [-0.2, 0) is 12.7 Å². The first-order chi connectivity index (χ1) is 17.8. The number of carbonyl (C=O) groups is 1. The molecule has 5 nitrogen and oxygen atoms in total. The van der Waals surface area contributed by atoms with Crippen molar-refractivity contribution in [3.8, 4) is 16.9 Å². The maximum Gasteiger partial charge on any atom is 0.416 e. The summed E-state index contributed by atoms with van der Waals surface area (Å²) in [6.07, 6.45) is -4.36. The van der Waals surface area contributed by atoms with Crippen LogP contribution in [0, 0.1) is 6.92 Å². The number of halogens is 3. The Morgan fingerprint density at radius 1 is 0.865 bits per heavy atom. The van der Waals surface area contributed by atoms with Crippen LogP contribution in [0.25, 0.3) is 16.9 Å². The molecule has 1 aliphatic rings. The lowest BCUT2D eigenvalue weighted by molar-refractivity contribution is -0.137. The lowest BCUT2D eigenvalue weighted by Gasteiger charge is -2.35. The molecule has 0 atom stereocenters. The lowest BCUT2D eigenvalue weighted by atomic mass is 10.0. The van der Waals surface area contributed by atoms with Gasteiger partial charge in [-0.25, -0.2) is 4.68 Å². The monoisotopic (exact) mass is 504 g/mol. The Hall–Kier alpha value is -3.91. The third kappa shape index (κ3) is 5.29. The van der Waals surface area contributed by atoms with Gasteiger partial charge in [0.1, 0.15) is 5.69 Å². The Morgan fingerprint density at radius 3 is 2.16 bits per heavy atom. The summed E-state index contributed by atoms with van der Waals surface area (Å²) in [4.78, 5) is 17.7. The van der Waals surface area contributed by atoms with E-state index in [0.717, 1.165) is 23.0 Å². The minimum absolute atomic E-state index is 0.0859. The van der Waals surface area contributed by atoms with E-state index in [0.29, 0.717) is 49.5 Å². The Morgan fingerprint density at radius 2 is 1.51 bits per heavy atom. The van der Waals surface area contributed by atoms with Crippen molar-refractivity contribution in [3.05, 3.63) is 107 Å². The number of amides is 1. The summed E-state index contributed by atoms with van der Waals surface area (Å²) >= 11 is 0. The van der Waals surface area contributed by atoms with Crippen molar-refractivity contribution in [3.63, 3.8) is 0 Å². The number of piperazine rings is 1. The van der Waals surface area contributed by atoms with Crippen LogP contribution < -0.4 is 0 Å². The first kappa shape index (κ1) is 24.8. The van der Waals surface area contributed by atoms with Crippen molar-refractivity contribution in [2.45, 2.75) is 19.6 Å². The largest absolute Gasteiger partial charge is 0.416 e. The van der Waals surface area contributed by atoms with Crippen LogP contribution in [0.15, 0.2) is 84.9 Å². The molecule has 2 heterocycles. The zero-order valence-electron chi connectivity index (χ0n) is 20.4. The third-order valence-electron chi connectivity index (χ3n) is 6.70. The van der Waals surface area contributed by atoms with Gasteiger partial charge in [0.15, 0.2) is 0 Å². The fourth-order valence-corrected chi connectivity index (χ4v) is 4.75. The number of nitrogens with zero attached hydrogens (tertiary/aromatic N) is 4. The molecule has 0 bridgehead atoms. The van der Waals surface area contributed by atoms with E-state index in [9.17, 15) is 18.0 Å². The smallest absolute Gasteiger partial charge is 0.336 e. The van der Waals surface area contributed by atoms with Crippen LogP contribution >= 0.6 is 0 Å². The maximum atomic E-state index is 13.8. The lowest BCUT2D eigenvalue weighted by Crippen LogP contribution is -2.48. The molecule has 5 rings (SSSR count). The molecule has 3 aromatic carbocycles. The number of para-hydroxylation sites is 1. The molecule has 0 aliphatic carbocycles. The molecule has 1 aromatic heterocycles. The second-order valence-electron chi connectivity index (χ2n) is 9.19. The van der Waals surface area contributed by atoms with Gasteiger partial charge in [0.2, 0.25) is 0 Å². The molecular weight excluding hydrogens is 477 g/mol. The highest BCUT2D eigenvalue weighted by Crippen LogP contribution is 2.31. The van der Waals surface area contributed by atoms with E-state index < -0.39 is 11.7 Å². The van der Waals surface area contributed by atoms with Crippen molar-refractivity contribution in [1.82, 2.24) is 19.6 Å². The van der Waals surface area contributed by atoms with Crippen molar-refractivity contribution in [2.24, 2.45) is 0 Å². The standard InChI is InChI=1S/C29H27F3N4O/c1-21-26(27(23-10-4-2-5-11-23)33-36(21)25-13-6-3-7-14-25)28(37)35-17-15-34(16-18-35)20-22-9-8-12-24(19-22)29(30,31)32/h2-14,19H,15-18,20H2,1H3. The van der Waals surface area contributed by atoms with Crippen molar-refractivity contribution < 1.29 is 18.0 Å². The summed E-state index contributed by atoms with van der Waals surface area (Å²) < 4.78 is 41.0. The van der Waals surface area contributed by atoms with Crippen LogP contribution in [-0.4, -0.2) is 51.7 Å². The van der Waals surface area contributed by atoms with E-state index >= 15 is 0 Å². The number of benzene rings is 3. The quantitative estimate of drug-likeness (QED) is 0.344. The summed E-state index contributed by atoms with van der Waals surface area (Å²) in [6, 6.07) is 24.8. The SMILES string of the molecule is Cc1c(C(=O)N2CCN(Cc3cccc(C(F)(F)F)c3)CC2)c(-c2ccccc2)nn1-c1ccccc1. The molecule has 4 aromatic rings.